The normalized spacial score (nSPS) is 11.2. The lowest BCUT2D eigenvalue weighted by Gasteiger charge is -2.10. The Morgan fingerprint density at radius 2 is 1.33 bits per heavy atom. The number of aryl methyl sites for hydroxylation is 1. The predicted molar refractivity (Wildman–Crippen MR) is 105 cm³/mol. The van der Waals surface area contributed by atoms with Crippen molar-refractivity contribution >= 4 is 11.6 Å². The molecule has 0 aliphatic carbocycles. The highest BCUT2D eigenvalue weighted by Gasteiger charge is 2.12. The molecule has 1 amide bonds. The first-order chi connectivity index (χ1) is 13.1. The van der Waals surface area contributed by atoms with Gasteiger partial charge in [-0.25, -0.2) is 5.43 Å². The largest absolute Gasteiger partial charge is 0.507 e. The van der Waals surface area contributed by atoms with Gasteiger partial charge in [-0.3, -0.25) is 4.79 Å². The fourth-order valence-corrected chi connectivity index (χ4v) is 2.72. The smallest absolute Gasteiger partial charge is 0.275 e. The summed E-state index contributed by atoms with van der Waals surface area (Å²) in [5, 5.41) is 24.2. The number of hydrogen-bond acceptors (Lipinski definition) is 4. The Kier molecular flexibility index (Phi) is 5.84. The molecule has 0 spiro atoms. The lowest BCUT2D eigenvalue weighted by molar-refractivity contribution is 0.0952. The van der Waals surface area contributed by atoms with Gasteiger partial charge in [-0.05, 0) is 42.7 Å². The summed E-state index contributed by atoms with van der Waals surface area (Å²) in [4.78, 5) is 12.3. The fraction of sp³-hybridized carbons (Fsp3) is 0.0909. The van der Waals surface area contributed by atoms with Crippen LogP contribution in [0.25, 0.3) is 0 Å². The van der Waals surface area contributed by atoms with E-state index in [1.165, 1.54) is 12.1 Å². The van der Waals surface area contributed by atoms with E-state index in [-0.39, 0.29) is 17.1 Å². The molecule has 0 unspecified atom stereocenters. The van der Waals surface area contributed by atoms with Crippen LogP contribution < -0.4 is 5.43 Å². The maximum Gasteiger partial charge on any atom is 0.275 e. The lowest BCUT2D eigenvalue weighted by Crippen LogP contribution is -2.20. The Hall–Kier alpha value is -3.60. The van der Waals surface area contributed by atoms with Crippen molar-refractivity contribution in [3.8, 4) is 11.5 Å². The number of benzene rings is 3. The van der Waals surface area contributed by atoms with E-state index in [0.29, 0.717) is 24.1 Å². The maximum absolute atomic E-state index is 12.3. The summed E-state index contributed by atoms with van der Waals surface area (Å²) in [5.74, 6) is -0.527. The molecule has 0 heterocycles. The van der Waals surface area contributed by atoms with E-state index in [4.69, 9.17) is 0 Å². The van der Waals surface area contributed by atoms with Crippen LogP contribution in [-0.2, 0) is 6.42 Å². The summed E-state index contributed by atoms with van der Waals surface area (Å²) in [6.07, 6.45) is 1.24. The van der Waals surface area contributed by atoms with Gasteiger partial charge in [-0.2, -0.15) is 5.10 Å². The minimum atomic E-state index is -0.513. The molecule has 0 aliphatic heterocycles. The van der Waals surface area contributed by atoms with Crippen LogP contribution >= 0.6 is 0 Å². The maximum atomic E-state index is 12.3. The molecule has 0 fully saturated rings. The van der Waals surface area contributed by atoms with Crippen LogP contribution in [0.1, 0.15) is 27.9 Å². The van der Waals surface area contributed by atoms with Crippen LogP contribution in [0.15, 0.2) is 84.0 Å². The highest BCUT2D eigenvalue weighted by Crippen LogP contribution is 2.20. The number of rotatable bonds is 6. The highest BCUT2D eigenvalue weighted by molar-refractivity contribution is 6.04. The number of carbonyl (C=O) groups excluding carboxylic acids is 1. The Morgan fingerprint density at radius 1 is 0.778 bits per heavy atom. The monoisotopic (exact) mass is 360 g/mol. The number of carbonyl (C=O) groups is 1. The van der Waals surface area contributed by atoms with Gasteiger partial charge in [0.05, 0.1) is 11.3 Å². The number of hydrazone groups is 1. The van der Waals surface area contributed by atoms with Crippen LogP contribution in [0, 0.1) is 0 Å². The number of nitrogens with one attached hydrogen (secondary N) is 1. The molecule has 5 heteroatoms. The van der Waals surface area contributed by atoms with Crippen molar-refractivity contribution in [3.63, 3.8) is 0 Å². The highest BCUT2D eigenvalue weighted by atomic mass is 16.3. The first kappa shape index (κ1) is 18.2. The number of hydrogen-bond donors (Lipinski definition) is 3. The second-order valence-electron chi connectivity index (χ2n) is 6.02. The molecule has 0 saturated heterocycles. The molecule has 0 bridgehead atoms. The molecular formula is C22H20N2O3. The molecule has 0 saturated carbocycles. The van der Waals surface area contributed by atoms with E-state index in [2.05, 4.69) is 10.5 Å². The van der Waals surface area contributed by atoms with Crippen LogP contribution in [0.4, 0.5) is 0 Å². The molecular weight excluding hydrogens is 340 g/mol. The van der Waals surface area contributed by atoms with Crippen molar-refractivity contribution in [2.75, 3.05) is 0 Å². The molecule has 3 aromatic carbocycles. The van der Waals surface area contributed by atoms with Gasteiger partial charge in [-0.1, -0.05) is 54.6 Å². The van der Waals surface area contributed by atoms with E-state index in [9.17, 15) is 15.0 Å². The molecule has 0 atom stereocenters. The number of phenols is 2. The summed E-state index contributed by atoms with van der Waals surface area (Å²) in [6, 6.07) is 23.1. The summed E-state index contributed by atoms with van der Waals surface area (Å²) >= 11 is 0. The van der Waals surface area contributed by atoms with Crippen molar-refractivity contribution in [2.24, 2.45) is 5.10 Å². The second kappa shape index (κ2) is 8.67. The number of nitrogens with zero attached hydrogens (tertiary/aromatic N) is 1. The third kappa shape index (κ3) is 4.73. The van der Waals surface area contributed by atoms with Gasteiger partial charge in [0.15, 0.2) is 0 Å². The molecule has 27 heavy (non-hydrogen) atoms. The average Bonchev–Trinajstić information content (AvgIpc) is 2.70. The van der Waals surface area contributed by atoms with Crippen molar-refractivity contribution in [1.82, 2.24) is 5.43 Å². The third-order valence-corrected chi connectivity index (χ3v) is 4.15. The SMILES string of the molecule is O=C(N/N=C(\CCc1ccccc1)c1ccccc1O)c1ccccc1O. The summed E-state index contributed by atoms with van der Waals surface area (Å²) in [7, 11) is 0. The summed E-state index contributed by atoms with van der Waals surface area (Å²) < 4.78 is 0. The van der Waals surface area contributed by atoms with Gasteiger partial charge in [0.1, 0.15) is 11.5 Å². The zero-order valence-corrected chi connectivity index (χ0v) is 14.7. The third-order valence-electron chi connectivity index (χ3n) is 4.15. The molecule has 136 valence electrons. The molecule has 5 nitrogen and oxygen atoms in total. The number of aromatic hydroxyl groups is 2. The zero-order chi connectivity index (χ0) is 19.1. The first-order valence-electron chi connectivity index (χ1n) is 8.62. The topological polar surface area (TPSA) is 81.9 Å². The second-order valence-corrected chi connectivity index (χ2v) is 6.02. The molecule has 3 aromatic rings. The Morgan fingerprint density at radius 3 is 1.96 bits per heavy atom. The minimum Gasteiger partial charge on any atom is -0.507 e. The zero-order valence-electron chi connectivity index (χ0n) is 14.7. The van der Waals surface area contributed by atoms with Crippen molar-refractivity contribution in [1.29, 1.82) is 0 Å². The van der Waals surface area contributed by atoms with Gasteiger partial charge in [0, 0.05) is 5.56 Å². The van der Waals surface area contributed by atoms with Crippen LogP contribution in [0.3, 0.4) is 0 Å². The number of para-hydroxylation sites is 2. The van der Waals surface area contributed by atoms with Gasteiger partial charge in [0.2, 0.25) is 0 Å². The van der Waals surface area contributed by atoms with Gasteiger partial charge in [0.25, 0.3) is 5.91 Å². The lowest BCUT2D eigenvalue weighted by atomic mass is 10.0. The van der Waals surface area contributed by atoms with Gasteiger partial charge >= 0.3 is 0 Å². The van der Waals surface area contributed by atoms with Gasteiger partial charge in [-0.15, -0.1) is 0 Å². The number of amides is 1. The minimum absolute atomic E-state index is 0.0983. The molecule has 0 radical (unpaired) electrons. The standard InChI is InChI=1S/C22H20N2O3/c25-20-12-6-4-10-17(20)19(15-14-16-8-2-1-3-9-16)23-24-22(27)18-11-5-7-13-21(18)26/h1-13,25-26H,14-15H2,(H,24,27)/b23-19+. The van der Waals surface area contributed by atoms with Crippen LogP contribution in [-0.4, -0.2) is 21.8 Å². The van der Waals surface area contributed by atoms with Crippen molar-refractivity contribution in [2.45, 2.75) is 12.8 Å². The van der Waals surface area contributed by atoms with E-state index >= 15 is 0 Å². The van der Waals surface area contributed by atoms with E-state index in [0.717, 1.165) is 5.56 Å². The Bertz CT molecular complexity index is 953. The quantitative estimate of drug-likeness (QED) is 0.461. The Labute approximate surface area is 157 Å². The van der Waals surface area contributed by atoms with Crippen LogP contribution in [0.5, 0.6) is 11.5 Å². The van der Waals surface area contributed by atoms with Crippen molar-refractivity contribution < 1.29 is 15.0 Å². The Balaban J connectivity index is 1.83. The first-order valence-corrected chi connectivity index (χ1v) is 8.62. The molecule has 0 aromatic heterocycles. The van der Waals surface area contributed by atoms with Crippen molar-refractivity contribution in [3.05, 3.63) is 95.6 Å². The van der Waals surface area contributed by atoms with Crippen LogP contribution in [0.2, 0.25) is 0 Å². The van der Waals surface area contributed by atoms with E-state index in [1.807, 2.05) is 30.3 Å². The molecule has 3 rings (SSSR count). The predicted octanol–water partition coefficient (Wildman–Crippen LogP) is 3.86. The summed E-state index contributed by atoms with van der Waals surface area (Å²) in [5.41, 5.74) is 4.87. The number of phenolic OH excluding ortho intramolecular Hbond substituents is 2. The average molecular weight is 360 g/mol. The van der Waals surface area contributed by atoms with Gasteiger partial charge < -0.3 is 10.2 Å². The van der Waals surface area contributed by atoms with E-state index < -0.39 is 5.91 Å². The molecule has 0 aliphatic rings. The molecule has 3 N–H and O–H groups in total. The van der Waals surface area contributed by atoms with E-state index in [1.54, 1.807) is 36.4 Å². The fourth-order valence-electron chi connectivity index (χ4n) is 2.72. The summed E-state index contributed by atoms with van der Waals surface area (Å²) in [6.45, 7) is 0.